The Hall–Kier alpha value is -4.45. The van der Waals surface area contributed by atoms with Crippen molar-refractivity contribution in [1.29, 1.82) is 0 Å². The van der Waals surface area contributed by atoms with Crippen molar-refractivity contribution < 1.29 is 9.59 Å². The number of carbonyl (C=O) groups excluding carboxylic acids is 2. The van der Waals surface area contributed by atoms with Gasteiger partial charge in [-0.3, -0.25) is 9.59 Å². The van der Waals surface area contributed by atoms with Crippen LogP contribution >= 0.6 is 0 Å². The molecule has 2 amide bonds. The molecule has 0 unspecified atom stereocenters. The van der Waals surface area contributed by atoms with E-state index in [4.69, 9.17) is 0 Å². The molecule has 0 aliphatic carbocycles. The summed E-state index contributed by atoms with van der Waals surface area (Å²) in [6.45, 7) is 4.47. The lowest BCUT2D eigenvalue weighted by atomic mass is 10.0. The molecular formula is C35H36N4O2. The molecule has 6 rings (SSSR count). The van der Waals surface area contributed by atoms with E-state index < -0.39 is 0 Å². The average Bonchev–Trinajstić information content (AvgIpc) is 3.45. The van der Waals surface area contributed by atoms with Crippen LogP contribution in [-0.2, 0) is 17.8 Å². The Morgan fingerprint density at radius 3 is 2.51 bits per heavy atom. The zero-order chi connectivity index (χ0) is 28.2. The molecule has 6 heteroatoms. The molecule has 1 atom stereocenters. The van der Waals surface area contributed by atoms with Crippen molar-refractivity contribution in [3.05, 3.63) is 114 Å². The number of rotatable bonds is 8. The minimum Gasteiger partial charge on any atom is -0.336 e. The maximum Gasteiger partial charge on any atom is 0.254 e. The van der Waals surface area contributed by atoms with Crippen LogP contribution in [0.3, 0.4) is 0 Å². The predicted octanol–water partition coefficient (Wildman–Crippen LogP) is 6.32. The Kier molecular flexibility index (Phi) is 7.81. The summed E-state index contributed by atoms with van der Waals surface area (Å²) in [6, 6.07) is 28.8. The molecule has 1 aliphatic heterocycles. The first kappa shape index (κ1) is 26.8. The second-order valence-electron chi connectivity index (χ2n) is 11.0. The molecule has 208 valence electrons. The highest BCUT2D eigenvalue weighted by molar-refractivity contribution is 6.07. The first-order valence-corrected chi connectivity index (χ1v) is 14.6. The fraction of sp³-hybridized carbons (Fsp3) is 0.286. The number of unbranched alkanes of at least 4 members (excludes halogenated alkanes) is 1. The zero-order valence-corrected chi connectivity index (χ0v) is 23.6. The van der Waals surface area contributed by atoms with Crippen LogP contribution in [0.25, 0.3) is 21.5 Å². The third-order valence-electron chi connectivity index (χ3n) is 8.30. The van der Waals surface area contributed by atoms with Gasteiger partial charge in [0.2, 0.25) is 5.91 Å². The lowest BCUT2D eigenvalue weighted by Gasteiger charge is -2.42. The number of hydrogen-bond donors (Lipinski definition) is 0. The van der Waals surface area contributed by atoms with Crippen molar-refractivity contribution in [2.75, 3.05) is 19.6 Å². The van der Waals surface area contributed by atoms with Crippen molar-refractivity contribution in [2.24, 2.45) is 0 Å². The molecule has 2 heterocycles. The molecule has 1 saturated heterocycles. The summed E-state index contributed by atoms with van der Waals surface area (Å²) in [5.74, 6) is 0.146. The Labute approximate surface area is 241 Å². The maximum atomic E-state index is 13.7. The van der Waals surface area contributed by atoms with E-state index in [0.29, 0.717) is 32.6 Å². The van der Waals surface area contributed by atoms with Crippen molar-refractivity contribution in [3.8, 4) is 0 Å². The third kappa shape index (κ3) is 5.73. The summed E-state index contributed by atoms with van der Waals surface area (Å²) < 4.78 is 2.07. The molecule has 0 radical (unpaired) electrons. The van der Waals surface area contributed by atoms with Gasteiger partial charge in [0, 0.05) is 49.7 Å². The van der Waals surface area contributed by atoms with E-state index in [9.17, 15) is 9.59 Å². The Bertz CT molecular complexity index is 1690. The number of amides is 2. The van der Waals surface area contributed by atoms with Gasteiger partial charge in [-0.05, 0) is 45.7 Å². The van der Waals surface area contributed by atoms with Gasteiger partial charge in [-0.25, -0.2) is 4.98 Å². The smallest absolute Gasteiger partial charge is 0.254 e. The van der Waals surface area contributed by atoms with Crippen LogP contribution in [0.2, 0.25) is 0 Å². The minimum absolute atomic E-state index is 0.00647. The van der Waals surface area contributed by atoms with Gasteiger partial charge in [0.05, 0.1) is 12.7 Å². The number of benzene rings is 4. The molecule has 0 bridgehead atoms. The van der Waals surface area contributed by atoms with Gasteiger partial charge in [-0.1, -0.05) is 92.6 Å². The van der Waals surface area contributed by atoms with Gasteiger partial charge in [0.1, 0.15) is 0 Å². The summed E-state index contributed by atoms with van der Waals surface area (Å²) in [5.41, 5.74) is 2.82. The predicted molar refractivity (Wildman–Crippen MR) is 164 cm³/mol. The maximum absolute atomic E-state index is 13.7. The molecule has 0 spiro atoms. The number of imidazole rings is 1. The highest BCUT2D eigenvalue weighted by atomic mass is 16.2. The standard InChI is InChI=1S/C35H36N4O2/c1-2-3-13-30-24-37(35(41)33-15-8-12-28-10-6-7-14-32(28)33)18-19-39(30)34(40)21-31-22-36-25-38(31)23-26-16-17-27-9-4-5-11-29(27)20-26/h4-12,14-17,20,22,25,30H,2-3,13,18-19,21,23-24H2,1H3/t30-/m0/s1. The second-order valence-corrected chi connectivity index (χ2v) is 11.0. The van der Waals surface area contributed by atoms with Gasteiger partial charge in [0.25, 0.3) is 5.91 Å². The van der Waals surface area contributed by atoms with Crippen LogP contribution in [0.5, 0.6) is 0 Å². The van der Waals surface area contributed by atoms with Gasteiger partial charge < -0.3 is 14.4 Å². The molecule has 41 heavy (non-hydrogen) atoms. The van der Waals surface area contributed by atoms with E-state index in [-0.39, 0.29) is 17.9 Å². The Morgan fingerprint density at radius 1 is 0.878 bits per heavy atom. The minimum atomic E-state index is 0.00647. The van der Waals surface area contributed by atoms with Gasteiger partial charge >= 0.3 is 0 Å². The van der Waals surface area contributed by atoms with Crippen molar-refractivity contribution in [3.63, 3.8) is 0 Å². The lowest BCUT2D eigenvalue weighted by Crippen LogP contribution is -2.57. The van der Waals surface area contributed by atoms with E-state index >= 15 is 0 Å². The molecule has 6 nitrogen and oxygen atoms in total. The van der Waals surface area contributed by atoms with Crippen LogP contribution in [0.4, 0.5) is 0 Å². The molecular weight excluding hydrogens is 508 g/mol. The van der Waals surface area contributed by atoms with E-state index in [1.54, 1.807) is 6.20 Å². The van der Waals surface area contributed by atoms with E-state index in [0.717, 1.165) is 41.3 Å². The summed E-state index contributed by atoms with van der Waals surface area (Å²) in [7, 11) is 0. The van der Waals surface area contributed by atoms with Gasteiger partial charge in [0.15, 0.2) is 0 Å². The number of piperazine rings is 1. The monoisotopic (exact) mass is 544 g/mol. The van der Waals surface area contributed by atoms with Gasteiger partial charge in [-0.15, -0.1) is 0 Å². The average molecular weight is 545 g/mol. The lowest BCUT2D eigenvalue weighted by molar-refractivity contribution is -0.135. The number of carbonyl (C=O) groups is 2. The van der Waals surface area contributed by atoms with Crippen LogP contribution < -0.4 is 0 Å². The number of aromatic nitrogens is 2. The highest BCUT2D eigenvalue weighted by Crippen LogP contribution is 2.24. The number of nitrogens with zero attached hydrogens (tertiary/aromatic N) is 4. The first-order chi connectivity index (χ1) is 20.1. The highest BCUT2D eigenvalue weighted by Gasteiger charge is 2.33. The molecule has 0 saturated carbocycles. The summed E-state index contributed by atoms with van der Waals surface area (Å²) in [6.07, 6.45) is 6.87. The van der Waals surface area contributed by atoms with E-state index in [1.807, 2.05) is 58.6 Å². The van der Waals surface area contributed by atoms with Crippen molar-refractivity contribution in [1.82, 2.24) is 19.4 Å². The van der Waals surface area contributed by atoms with Crippen LogP contribution in [0.1, 0.15) is 47.8 Å². The SMILES string of the molecule is CCCC[C@H]1CN(C(=O)c2cccc3ccccc23)CCN1C(=O)Cc1cncn1Cc1ccc2ccccc2c1. The van der Waals surface area contributed by atoms with Crippen LogP contribution in [-0.4, -0.2) is 56.8 Å². The normalized spacial score (nSPS) is 15.5. The summed E-state index contributed by atoms with van der Waals surface area (Å²) in [5, 5.41) is 4.46. The van der Waals surface area contributed by atoms with Crippen molar-refractivity contribution in [2.45, 2.75) is 45.2 Å². The van der Waals surface area contributed by atoms with Crippen LogP contribution in [0, 0.1) is 0 Å². The summed E-state index contributed by atoms with van der Waals surface area (Å²) >= 11 is 0. The Morgan fingerprint density at radius 2 is 1.66 bits per heavy atom. The zero-order valence-electron chi connectivity index (χ0n) is 23.6. The van der Waals surface area contributed by atoms with Crippen molar-refractivity contribution >= 4 is 33.4 Å². The summed E-state index contributed by atoms with van der Waals surface area (Å²) in [4.78, 5) is 35.7. The molecule has 0 N–H and O–H groups in total. The largest absolute Gasteiger partial charge is 0.336 e. The topological polar surface area (TPSA) is 58.4 Å². The molecule has 1 aromatic heterocycles. The first-order valence-electron chi connectivity index (χ1n) is 14.6. The molecule has 5 aromatic rings. The molecule has 1 aliphatic rings. The quantitative estimate of drug-likeness (QED) is 0.230. The fourth-order valence-electron chi connectivity index (χ4n) is 6.07. The van der Waals surface area contributed by atoms with Gasteiger partial charge in [-0.2, -0.15) is 0 Å². The third-order valence-corrected chi connectivity index (χ3v) is 8.30. The van der Waals surface area contributed by atoms with E-state index in [2.05, 4.69) is 58.9 Å². The molecule has 4 aromatic carbocycles. The van der Waals surface area contributed by atoms with E-state index in [1.165, 1.54) is 16.3 Å². The number of hydrogen-bond acceptors (Lipinski definition) is 3. The van der Waals surface area contributed by atoms with Crippen LogP contribution in [0.15, 0.2) is 97.5 Å². The fourth-order valence-corrected chi connectivity index (χ4v) is 6.07. The Balaban J connectivity index is 1.16. The number of fused-ring (bicyclic) bond motifs is 2. The molecule has 1 fully saturated rings. The second kappa shape index (κ2) is 12.0.